The van der Waals surface area contributed by atoms with Crippen LogP contribution in [0.1, 0.15) is 15.9 Å². The fourth-order valence-corrected chi connectivity index (χ4v) is 2.15. The Bertz CT molecular complexity index is 659. The SMILES string of the molecule is COc1ccc(COC(=O)c2cc(N)c(F)cc2Br)cc1. The molecule has 0 aliphatic heterocycles. The number of hydrogen-bond donors (Lipinski definition) is 1. The average Bonchev–Trinajstić information content (AvgIpc) is 2.49. The van der Waals surface area contributed by atoms with E-state index in [0.29, 0.717) is 4.47 Å². The Hall–Kier alpha value is -2.08. The molecule has 0 bridgehead atoms. The van der Waals surface area contributed by atoms with Crippen molar-refractivity contribution in [2.24, 2.45) is 0 Å². The highest BCUT2D eigenvalue weighted by molar-refractivity contribution is 9.10. The van der Waals surface area contributed by atoms with Gasteiger partial charge in [0.15, 0.2) is 0 Å². The number of benzene rings is 2. The number of ether oxygens (including phenoxy) is 2. The van der Waals surface area contributed by atoms with Gasteiger partial charge in [-0.15, -0.1) is 0 Å². The topological polar surface area (TPSA) is 61.5 Å². The molecule has 0 saturated heterocycles. The van der Waals surface area contributed by atoms with Gasteiger partial charge < -0.3 is 15.2 Å². The Morgan fingerprint density at radius 1 is 1.29 bits per heavy atom. The van der Waals surface area contributed by atoms with Crippen molar-refractivity contribution < 1.29 is 18.7 Å². The van der Waals surface area contributed by atoms with Gasteiger partial charge in [-0.2, -0.15) is 0 Å². The van der Waals surface area contributed by atoms with E-state index in [9.17, 15) is 9.18 Å². The Balaban J connectivity index is 2.06. The molecule has 110 valence electrons. The van der Waals surface area contributed by atoms with E-state index in [1.165, 1.54) is 6.07 Å². The van der Waals surface area contributed by atoms with E-state index in [2.05, 4.69) is 15.9 Å². The Labute approximate surface area is 129 Å². The molecule has 21 heavy (non-hydrogen) atoms. The van der Waals surface area contributed by atoms with E-state index in [4.69, 9.17) is 15.2 Å². The molecule has 0 fully saturated rings. The van der Waals surface area contributed by atoms with Crippen molar-refractivity contribution in [2.45, 2.75) is 6.61 Å². The molecule has 2 N–H and O–H groups in total. The van der Waals surface area contributed by atoms with Crippen molar-refractivity contribution in [3.63, 3.8) is 0 Å². The molecular formula is C15H13BrFNO3. The van der Waals surface area contributed by atoms with Crippen LogP contribution in [-0.4, -0.2) is 13.1 Å². The molecule has 4 nitrogen and oxygen atoms in total. The molecule has 0 aliphatic rings. The molecule has 0 aromatic heterocycles. The maximum absolute atomic E-state index is 13.2. The number of esters is 1. The van der Waals surface area contributed by atoms with Crippen LogP contribution in [0.5, 0.6) is 5.75 Å². The minimum atomic E-state index is -0.589. The van der Waals surface area contributed by atoms with Crippen molar-refractivity contribution in [3.8, 4) is 5.75 Å². The molecule has 0 atom stereocenters. The Morgan fingerprint density at radius 2 is 1.95 bits per heavy atom. The van der Waals surface area contributed by atoms with Gasteiger partial charge in [-0.25, -0.2) is 9.18 Å². The van der Waals surface area contributed by atoms with E-state index in [1.807, 2.05) is 0 Å². The highest BCUT2D eigenvalue weighted by atomic mass is 79.9. The molecule has 0 heterocycles. The molecule has 6 heteroatoms. The fourth-order valence-electron chi connectivity index (χ4n) is 1.67. The monoisotopic (exact) mass is 353 g/mol. The lowest BCUT2D eigenvalue weighted by Gasteiger charge is -2.08. The van der Waals surface area contributed by atoms with Gasteiger partial charge in [0.25, 0.3) is 0 Å². The van der Waals surface area contributed by atoms with E-state index < -0.39 is 11.8 Å². The van der Waals surface area contributed by atoms with Gasteiger partial charge in [0.05, 0.1) is 18.4 Å². The summed E-state index contributed by atoms with van der Waals surface area (Å²) in [4.78, 5) is 12.0. The number of anilines is 1. The first-order valence-electron chi connectivity index (χ1n) is 6.06. The van der Waals surface area contributed by atoms with Crippen molar-refractivity contribution >= 4 is 27.6 Å². The van der Waals surface area contributed by atoms with E-state index in [0.717, 1.165) is 17.4 Å². The maximum Gasteiger partial charge on any atom is 0.339 e. The minimum absolute atomic E-state index is 0.102. The van der Waals surface area contributed by atoms with Crippen LogP contribution in [0.25, 0.3) is 0 Å². The fraction of sp³-hybridized carbons (Fsp3) is 0.133. The lowest BCUT2D eigenvalue weighted by atomic mass is 10.2. The van der Waals surface area contributed by atoms with Gasteiger partial charge in [0.1, 0.15) is 18.2 Å². The van der Waals surface area contributed by atoms with Crippen molar-refractivity contribution in [1.29, 1.82) is 0 Å². The standard InChI is InChI=1S/C15H13BrFNO3/c1-20-10-4-2-9(3-5-10)8-21-15(19)11-6-14(18)13(17)7-12(11)16/h2-7H,8,18H2,1H3. The lowest BCUT2D eigenvalue weighted by molar-refractivity contribution is 0.0471. The van der Waals surface area contributed by atoms with Crippen LogP contribution < -0.4 is 10.5 Å². The third-order valence-electron chi connectivity index (χ3n) is 2.84. The normalized spacial score (nSPS) is 10.2. The second kappa shape index (κ2) is 6.58. The third-order valence-corrected chi connectivity index (χ3v) is 3.49. The Morgan fingerprint density at radius 3 is 2.57 bits per heavy atom. The maximum atomic E-state index is 13.2. The van der Waals surface area contributed by atoms with E-state index >= 15 is 0 Å². The third kappa shape index (κ3) is 3.72. The van der Waals surface area contributed by atoms with Crippen LogP contribution in [0.15, 0.2) is 40.9 Å². The first kappa shape index (κ1) is 15.3. The van der Waals surface area contributed by atoms with Crippen LogP contribution in [0.3, 0.4) is 0 Å². The van der Waals surface area contributed by atoms with Crippen LogP contribution in [0, 0.1) is 5.82 Å². The van der Waals surface area contributed by atoms with Gasteiger partial charge in [0.2, 0.25) is 0 Å². The number of nitrogen functional groups attached to an aromatic ring is 1. The molecule has 2 aromatic carbocycles. The highest BCUT2D eigenvalue weighted by Crippen LogP contribution is 2.24. The molecule has 0 radical (unpaired) electrons. The summed E-state index contributed by atoms with van der Waals surface area (Å²) in [6.07, 6.45) is 0. The molecule has 0 unspecified atom stereocenters. The van der Waals surface area contributed by atoms with Crippen molar-refractivity contribution in [1.82, 2.24) is 0 Å². The Kier molecular flexibility index (Phi) is 4.80. The van der Waals surface area contributed by atoms with Gasteiger partial charge in [-0.1, -0.05) is 12.1 Å². The molecule has 0 spiro atoms. The number of carbonyl (C=O) groups is 1. The zero-order valence-electron chi connectivity index (χ0n) is 11.2. The summed E-state index contributed by atoms with van der Waals surface area (Å²) in [5.74, 6) is -0.447. The van der Waals surface area contributed by atoms with Crippen LogP contribution in [0.2, 0.25) is 0 Å². The van der Waals surface area contributed by atoms with Crippen molar-refractivity contribution in [3.05, 3.63) is 57.8 Å². The number of methoxy groups -OCH3 is 1. The van der Waals surface area contributed by atoms with Crippen LogP contribution >= 0.6 is 15.9 Å². The molecular weight excluding hydrogens is 341 g/mol. The van der Waals surface area contributed by atoms with Crippen LogP contribution in [-0.2, 0) is 11.3 Å². The van der Waals surface area contributed by atoms with Crippen molar-refractivity contribution in [2.75, 3.05) is 12.8 Å². The van der Waals surface area contributed by atoms with Gasteiger partial charge in [0, 0.05) is 4.47 Å². The van der Waals surface area contributed by atoms with E-state index in [1.54, 1.807) is 31.4 Å². The first-order chi connectivity index (χ1) is 10.0. The first-order valence-corrected chi connectivity index (χ1v) is 6.85. The quantitative estimate of drug-likeness (QED) is 0.674. The molecule has 0 saturated carbocycles. The van der Waals surface area contributed by atoms with Gasteiger partial charge in [-0.3, -0.25) is 0 Å². The zero-order chi connectivity index (χ0) is 15.4. The average molecular weight is 354 g/mol. The molecule has 0 amide bonds. The van der Waals surface area contributed by atoms with E-state index in [-0.39, 0.29) is 17.9 Å². The second-order valence-corrected chi connectivity index (χ2v) is 5.13. The number of hydrogen-bond acceptors (Lipinski definition) is 4. The number of halogens is 2. The summed E-state index contributed by atoms with van der Waals surface area (Å²) in [6, 6.07) is 9.51. The summed E-state index contributed by atoms with van der Waals surface area (Å²) < 4.78 is 23.7. The largest absolute Gasteiger partial charge is 0.497 e. The summed E-state index contributed by atoms with van der Waals surface area (Å²) >= 11 is 3.11. The second-order valence-electron chi connectivity index (χ2n) is 4.28. The van der Waals surface area contributed by atoms with Gasteiger partial charge in [-0.05, 0) is 45.8 Å². The minimum Gasteiger partial charge on any atom is -0.497 e. The summed E-state index contributed by atoms with van der Waals surface area (Å²) in [5, 5.41) is 0. The molecule has 0 aliphatic carbocycles. The smallest absolute Gasteiger partial charge is 0.339 e. The lowest BCUT2D eigenvalue weighted by Crippen LogP contribution is -2.07. The molecule has 2 rings (SSSR count). The summed E-state index contributed by atoms with van der Waals surface area (Å²) in [5.41, 5.74) is 6.34. The summed E-state index contributed by atoms with van der Waals surface area (Å²) in [6.45, 7) is 0.104. The molecule has 2 aromatic rings. The van der Waals surface area contributed by atoms with Gasteiger partial charge >= 0.3 is 5.97 Å². The predicted octanol–water partition coefficient (Wildman–Crippen LogP) is 3.54. The highest BCUT2D eigenvalue weighted by Gasteiger charge is 2.14. The number of carbonyl (C=O) groups excluding carboxylic acids is 1. The number of rotatable bonds is 4. The predicted molar refractivity (Wildman–Crippen MR) is 80.6 cm³/mol. The number of nitrogens with two attached hydrogens (primary N) is 1. The van der Waals surface area contributed by atoms with Crippen LogP contribution in [0.4, 0.5) is 10.1 Å². The summed E-state index contributed by atoms with van der Waals surface area (Å²) in [7, 11) is 1.57. The zero-order valence-corrected chi connectivity index (χ0v) is 12.8.